The fourth-order valence-corrected chi connectivity index (χ4v) is 2.56. The molecule has 2 rings (SSSR count). The summed E-state index contributed by atoms with van der Waals surface area (Å²) in [6, 6.07) is 5.49. The Bertz CT molecular complexity index is 455. The summed E-state index contributed by atoms with van der Waals surface area (Å²) in [6.45, 7) is 6.54. The number of hydrogen-bond donors (Lipinski definition) is 2. The van der Waals surface area contributed by atoms with Crippen molar-refractivity contribution in [3.63, 3.8) is 0 Å². The van der Waals surface area contributed by atoms with Crippen molar-refractivity contribution < 1.29 is 14.6 Å². The molecule has 0 radical (unpaired) electrons. The van der Waals surface area contributed by atoms with Crippen molar-refractivity contribution in [2.75, 3.05) is 26.3 Å². The third-order valence-corrected chi connectivity index (χ3v) is 4.32. The van der Waals surface area contributed by atoms with Gasteiger partial charge >= 0.3 is 0 Å². The topological polar surface area (TPSA) is 50.7 Å². The Hall–Kier alpha value is -0.810. The van der Waals surface area contributed by atoms with E-state index >= 15 is 0 Å². The zero-order valence-corrected chi connectivity index (χ0v) is 13.4. The standard InChI is InChI=1S/C16H24ClNO3/c1-11-7-15(3-4-16(11)17)21-10-14(19)9-18-8-13-5-6-20-12(13)2/h3-4,7,12-14,18-19H,5-6,8-10H2,1-2H3. The van der Waals surface area contributed by atoms with Crippen molar-refractivity contribution in [2.24, 2.45) is 5.92 Å². The minimum Gasteiger partial charge on any atom is -0.491 e. The molecule has 118 valence electrons. The lowest BCUT2D eigenvalue weighted by Gasteiger charge is -2.17. The third kappa shape index (κ3) is 5.15. The van der Waals surface area contributed by atoms with Crippen LogP contribution in [0.3, 0.4) is 0 Å². The van der Waals surface area contributed by atoms with E-state index in [0.29, 0.717) is 18.6 Å². The predicted molar refractivity (Wildman–Crippen MR) is 84.1 cm³/mol. The lowest BCUT2D eigenvalue weighted by molar-refractivity contribution is 0.0946. The molecule has 0 amide bonds. The van der Waals surface area contributed by atoms with Gasteiger partial charge in [-0.1, -0.05) is 11.6 Å². The van der Waals surface area contributed by atoms with E-state index < -0.39 is 6.10 Å². The molecule has 1 heterocycles. The van der Waals surface area contributed by atoms with Gasteiger partial charge in [0.2, 0.25) is 0 Å². The van der Waals surface area contributed by atoms with Crippen LogP contribution in [0.15, 0.2) is 18.2 Å². The number of rotatable bonds is 7. The quantitative estimate of drug-likeness (QED) is 0.811. The molecule has 3 unspecified atom stereocenters. The zero-order chi connectivity index (χ0) is 15.2. The molecule has 2 N–H and O–H groups in total. The summed E-state index contributed by atoms with van der Waals surface area (Å²) < 4.78 is 11.1. The summed E-state index contributed by atoms with van der Waals surface area (Å²) in [7, 11) is 0. The van der Waals surface area contributed by atoms with Gasteiger partial charge in [0.05, 0.1) is 6.10 Å². The van der Waals surface area contributed by atoms with Gasteiger partial charge in [0.15, 0.2) is 0 Å². The molecule has 0 bridgehead atoms. The van der Waals surface area contributed by atoms with Crippen molar-refractivity contribution >= 4 is 11.6 Å². The first-order valence-electron chi connectivity index (χ1n) is 7.45. The molecule has 1 aliphatic heterocycles. The maximum Gasteiger partial charge on any atom is 0.119 e. The van der Waals surface area contributed by atoms with Gasteiger partial charge in [-0.3, -0.25) is 0 Å². The van der Waals surface area contributed by atoms with Crippen LogP contribution in [0, 0.1) is 12.8 Å². The summed E-state index contributed by atoms with van der Waals surface area (Å²) in [4.78, 5) is 0. The van der Waals surface area contributed by atoms with Gasteiger partial charge in [-0.2, -0.15) is 0 Å². The van der Waals surface area contributed by atoms with Crippen LogP contribution >= 0.6 is 11.6 Å². The van der Waals surface area contributed by atoms with Gasteiger partial charge in [0.1, 0.15) is 18.5 Å². The number of nitrogens with one attached hydrogen (secondary N) is 1. The second-order valence-electron chi connectivity index (χ2n) is 5.66. The zero-order valence-electron chi connectivity index (χ0n) is 12.6. The molecule has 21 heavy (non-hydrogen) atoms. The van der Waals surface area contributed by atoms with E-state index in [9.17, 15) is 5.11 Å². The van der Waals surface area contributed by atoms with Gasteiger partial charge in [-0.25, -0.2) is 0 Å². The molecule has 5 heteroatoms. The molecule has 0 aromatic heterocycles. The van der Waals surface area contributed by atoms with E-state index in [4.69, 9.17) is 21.1 Å². The molecule has 4 nitrogen and oxygen atoms in total. The minimum atomic E-state index is -0.529. The number of ether oxygens (including phenoxy) is 2. The van der Waals surface area contributed by atoms with Crippen LogP contribution in [-0.2, 0) is 4.74 Å². The summed E-state index contributed by atoms with van der Waals surface area (Å²) >= 11 is 5.96. The van der Waals surface area contributed by atoms with E-state index in [1.165, 1.54) is 0 Å². The average molecular weight is 314 g/mol. The molecular formula is C16H24ClNO3. The van der Waals surface area contributed by atoms with Gasteiger partial charge in [0, 0.05) is 24.7 Å². The first-order valence-corrected chi connectivity index (χ1v) is 7.83. The molecule has 0 saturated carbocycles. The Morgan fingerprint density at radius 1 is 1.52 bits per heavy atom. The van der Waals surface area contributed by atoms with E-state index in [-0.39, 0.29) is 6.61 Å². The van der Waals surface area contributed by atoms with Gasteiger partial charge in [-0.15, -0.1) is 0 Å². The molecule has 1 aliphatic rings. The molecule has 1 aromatic carbocycles. The highest BCUT2D eigenvalue weighted by molar-refractivity contribution is 6.31. The average Bonchev–Trinajstić information content (AvgIpc) is 2.86. The smallest absolute Gasteiger partial charge is 0.119 e. The Morgan fingerprint density at radius 3 is 3.00 bits per heavy atom. The second kappa shape index (κ2) is 7.99. The van der Waals surface area contributed by atoms with E-state index in [2.05, 4.69) is 12.2 Å². The highest BCUT2D eigenvalue weighted by Gasteiger charge is 2.23. The van der Waals surface area contributed by atoms with Crippen molar-refractivity contribution in [3.8, 4) is 5.75 Å². The van der Waals surface area contributed by atoms with Crippen LogP contribution in [0.4, 0.5) is 0 Å². The number of aryl methyl sites for hydroxylation is 1. The molecule has 3 atom stereocenters. The molecule has 1 saturated heterocycles. The molecule has 1 fully saturated rings. The highest BCUT2D eigenvalue weighted by Crippen LogP contribution is 2.21. The van der Waals surface area contributed by atoms with Crippen molar-refractivity contribution in [2.45, 2.75) is 32.5 Å². The van der Waals surface area contributed by atoms with Crippen LogP contribution in [0.25, 0.3) is 0 Å². The van der Waals surface area contributed by atoms with Crippen LogP contribution < -0.4 is 10.1 Å². The number of halogens is 1. The van der Waals surface area contributed by atoms with E-state index in [1.54, 1.807) is 6.07 Å². The monoisotopic (exact) mass is 313 g/mol. The fourth-order valence-electron chi connectivity index (χ4n) is 2.44. The summed E-state index contributed by atoms with van der Waals surface area (Å²) in [5.74, 6) is 1.27. The lowest BCUT2D eigenvalue weighted by Crippen LogP contribution is -2.35. The minimum absolute atomic E-state index is 0.269. The predicted octanol–water partition coefficient (Wildman–Crippen LogP) is 2.40. The Balaban J connectivity index is 1.65. The van der Waals surface area contributed by atoms with Gasteiger partial charge < -0.3 is 19.9 Å². The third-order valence-electron chi connectivity index (χ3n) is 3.89. The van der Waals surface area contributed by atoms with E-state index in [0.717, 1.165) is 35.9 Å². The number of benzene rings is 1. The van der Waals surface area contributed by atoms with Crippen molar-refractivity contribution in [1.82, 2.24) is 5.32 Å². The lowest BCUT2D eigenvalue weighted by atomic mass is 10.0. The first-order chi connectivity index (χ1) is 10.1. The van der Waals surface area contributed by atoms with Crippen LogP contribution in [0.1, 0.15) is 18.9 Å². The maximum absolute atomic E-state index is 9.93. The van der Waals surface area contributed by atoms with Gasteiger partial charge in [-0.05, 0) is 49.9 Å². The first kappa shape index (κ1) is 16.6. The van der Waals surface area contributed by atoms with Crippen LogP contribution in [0.5, 0.6) is 5.75 Å². The second-order valence-corrected chi connectivity index (χ2v) is 6.07. The molecule has 0 spiro atoms. The van der Waals surface area contributed by atoms with Crippen molar-refractivity contribution in [3.05, 3.63) is 28.8 Å². The van der Waals surface area contributed by atoms with Crippen LogP contribution in [-0.4, -0.2) is 43.6 Å². The Labute approximate surface area is 131 Å². The van der Waals surface area contributed by atoms with Crippen molar-refractivity contribution in [1.29, 1.82) is 0 Å². The molecule has 0 aliphatic carbocycles. The molecular weight excluding hydrogens is 290 g/mol. The summed E-state index contributed by atoms with van der Waals surface area (Å²) in [6.07, 6.45) is 0.867. The maximum atomic E-state index is 9.93. The highest BCUT2D eigenvalue weighted by atomic mass is 35.5. The number of hydrogen-bond acceptors (Lipinski definition) is 4. The van der Waals surface area contributed by atoms with Gasteiger partial charge in [0.25, 0.3) is 0 Å². The number of aliphatic hydroxyl groups excluding tert-OH is 1. The Morgan fingerprint density at radius 2 is 2.33 bits per heavy atom. The van der Waals surface area contributed by atoms with E-state index in [1.807, 2.05) is 19.1 Å². The normalized spacial score (nSPS) is 23.2. The summed E-state index contributed by atoms with van der Waals surface area (Å²) in [5, 5.41) is 13.9. The largest absolute Gasteiger partial charge is 0.491 e. The SMILES string of the molecule is Cc1cc(OCC(O)CNCC2CCOC2C)ccc1Cl. The number of aliphatic hydroxyl groups is 1. The van der Waals surface area contributed by atoms with Crippen LogP contribution in [0.2, 0.25) is 5.02 Å². The Kier molecular flexibility index (Phi) is 6.30. The fraction of sp³-hybridized carbons (Fsp3) is 0.625. The summed E-state index contributed by atoms with van der Waals surface area (Å²) in [5.41, 5.74) is 0.969. The molecule has 1 aromatic rings.